The second-order valence-corrected chi connectivity index (χ2v) is 11.7. The van der Waals surface area contributed by atoms with Crippen LogP contribution in [0.2, 0.25) is 0 Å². The number of rotatable bonds is 10. The number of nitrogens with one attached hydrogen (secondary N) is 1. The first-order valence-electron chi connectivity index (χ1n) is 14.6. The number of nitrogens with two attached hydrogens (primary N) is 1. The number of nitrogens with zero attached hydrogens (tertiary/aromatic N) is 1. The van der Waals surface area contributed by atoms with Gasteiger partial charge in [0.05, 0.1) is 7.11 Å². The quantitative estimate of drug-likeness (QED) is 0.183. The van der Waals surface area contributed by atoms with Crippen molar-refractivity contribution in [2.45, 2.75) is 95.7 Å². The van der Waals surface area contributed by atoms with Gasteiger partial charge in [-0.25, -0.2) is 14.2 Å². The van der Waals surface area contributed by atoms with Crippen molar-refractivity contribution in [1.82, 2.24) is 5.32 Å². The molecule has 0 heterocycles. The number of methoxy groups -OCH3 is 1. The van der Waals surface area contributed by atoms with Gasteiger partial charge in [-0.1, -0.05) is 44.6 Å². The summed E-state index contributed by atoms with van der Waals surface area (Å²) in [5, 5.41) is 9.89. The zero-order chi connectivity index (χ0) is 30.9. The van der Waals surface area contributed by atoms with Crippen molar-refractivity contribution in [1.29, 1.82) is 0 Å². The number of ether oxygens (including phenoxy) is 1. The van der Waals surface area contributed by atoms with Crippen molar-refractivity contribution in [2.75, 3.05) is 7.11 Å². The fourth-order valence-electron chi connectivity index (χ4n) is 6.55. The molecule has 8 nitrogen and oxygen atoms in total. The predicted molar refractivity (Wildman–Crippen MR) is 148 cm³/mol. The summed E-state index contributed by atoms with van der Waals surface area (Å²) < 4.78 is 50.5. The Bertz CT molecular complexity index is 1120. The fraction of sp³-hybridized carbons (Fsp3) is 0.667. The number of aliphatic imine (C=N–C) groups is 1. The lowest BCUT2D eigenvalue weighted by Crippen LogP contribution is -2.40. The third kappa shape index (κ3) is 10.3. The summed E-state index contributed by atoms with van der Waals surface area (Å²) in [6, 6.07) is 4.10. The molecule has 0 aromatic heterocycles. The van der Waals surface area contributed by atoms with Gasteiger partial charge in [0.25, 0.3) is 0 Å². The normalized spacial score (nSPS) is 23.1. The van der Waals surface area contributed by atoms with Gasteiger partial charge < -0.3 is 15.6 Å². The highest BCUT2D eigenvalue weighted by Crippen LogP contribution is 2.49. The molecule has 3 fully saturated rings. The van der Waals surface area contributed by atoms with Gasteiger partial charge in [0.1, 0.15) is 6.04 Å². The minimum atomic E-state index is -5.08. The molecule has 1 amide bonds. The van der Waals surface area contributed by atoms with Gasteiger partial charge in [0.2, 0.25) is 5.91 Å². The second kappa shape index (κ2) is 15.3. The second-order valence-electron chi connectivity index (χ2n) is 11.7. The van der Waals surface area contributed by atoms with Gasteiger partial charge in [0.15, 0.2) is 23.3 Å². The molecule has 4 N–H and O–H groups in total. The Kier molecular flexibility index (Phi) is 12.2. The average Bonchev–Trinajstić information content (AvgIpc) is 3.56. The van der Waals surface area contributed by atoms with Gasteiger partial charge in [-0.15, -0.1) is 0 Å². The lowest BCUT2D eigenvalue weighted by molar-refractivity contribution is -0.192. The number of halogens is 4. The summed E-state index contributed by atoms with van der Waals surface area (Å²) in [4.78, 5) is 39.3. The van der Waals surface area contributed by atoms with E-state index < -0.39 is 24.0 Å². The number of carboxylic acid groups (broad SMARTS) is 1. The number of benzene rings is 1. The smallest absolute Gasteiger partial charge is 0.490 e. The van der Waals surface area contributed by atoms with Crippen LogP contribution in [0.3, 0.4) is 0 Å². The first-order chi connectivity index (χ1) is 19.8. The number of carboxylic acids is 1. The Morgan fingerprint density at radius 3 is 2.38 bits per heavy atom. The average molecular weight is 600 g/mol. The Labute approximate surface area is 243 Å². The number of hydrogen-bond donors (Lipinski definition) is 3. The van der Waals surface area contributed by atoms with Gasteiger partial charge >= 0.3 is 12.1 Å². The lowest BCUT2D eigenvalue weighted by atomic mass is 9.83. The standard InChI is InChI=1S/C28H40FN3O3.C2HF3O2/c1-35-26-16-19(8-11-23(26)29)9-12-25(33)24(15-18-5-3-2-4-6-18)31-28(30)32-27(34)17-22-14-20-7-10-21(22)13-20;3-2(4,5)1(6)7/h8,11,16,18,20-22,24H,2-7,9-10,12-15,17H2,1H3,(H3,30,31,32,34);(H,6,7)/t20-,21+,22?,24-;/m1./s1. The molecule has 3 aliphatic carbocycles. The van der Waals surface area contributed by atoms with Crippen LogP contribution in [0.1, 0.15) is 82.6 Å². The fourth-order valence-corrected chi connectivity index (χ4v) is 6.55. The molecule has 0 aliphatic heterocycles. The number of hydrogen-bond acceptors (Lipinski definition) is 5. The maximum Gasteiger partial charge on any atom is 0.490 e. The maximum absolute atomic E-state index is 13.7. The van der Waals surface area contributed by atoms with E-state index in [0.29, 0.717) is 37.0 Å². The summed E-state index contributed by atoms with van der Waals surface area (Å²) in [6.07, 6.45) is 7.59. The topological polar surface area (TPSA) is 131 Å². The van der Waals surface area contributed by atoms with Crippen molar-refractivity contribution >= 4 is 23.6 Å². The zero-order valence-corrected chi connectivity index (χ0v) is 23.9. The van der Waals surface area contributed by atoms with Crippen molar-refractivity contribution in [3.63, 3.8) is 0 Å². The van der Waals surface area contributed by atoms with Crippen LogP contribution in [0.4, 0.5) is 17.6 Å². The summed E-state index contributed by atoms with van der Waals surface area (Å²) >= 11 is 0. The Morgan fingerprint density at radius 2 is 1.81 bits per heavy atom. The first kappa shape index (κ1) is 33.3. The van der Waals surface area contributed by atoms with E-state index in [-0.39, 0.29) is 29.8 Å². The molecule has 0 radical (unpaired) electrons. The molecule has 4 rings (SSSR count). The predicted octanol–water partition coefficient (Wildman–Crippen LogP) is 5.57. The molecule has 234 valence electrons. The molecular formula is C30H41F4N3O5. The van der Waals surface area contributed by atoms with Crippen LogP contribution >= 0.6 is 0 Å². The van der Waals surface area contributed by atoms with Crippen molar-refractivity contribution in [2.24, 2.45) is 34.4 Å². The highest BCUT2D eigenvalue weighted by molar-refractivity contribution is 5.97. The number of Topliss-reactive ketones (excluding diaryl/α,β-unsaturated/α-hetero) is 1. The molecule has 1 unspecified atom stereocenters. The van der Waals surface area contributed by atoms with Gasteiger partial charge in [-0.05, 0) is 73.5 Å². The third-order valence-electron chi connectivity index (χ3n) is 8.67. The molecule has 12 heteroatoms. The van der Waals surface area contributed by atoms with Crippen LogP contribution in [0, 0.1) is 29.5 Å². The minimum absolute atomic E-state index is 0.00386. The summed E-state index contributed by atoms with van der Waals surface area (Å²) in [7, 11) is 1.43. The molecule has 3 aliphatic rings. The Morgan fingerprint density at radius 1 is 1.12 bits per heavy atom. The molecule has 2 bridgehead atoms. The SMILES string of the molecule is COc1cc(CCC(=O)[C@@H](CC2CCCCC2)N=C(N)NC(=O)CC2C[C@@H]3CC[C@H]2C3)ccc1F.O=C(O)C(F)(F)F. The van der Waals surface area contributed by atoms with E-state index in [0.717, 1.165) is 30.7 Å². The van der Waals surface area contributed by atoms with Gasteiger partial charge in [-0.3, -0.25) is 14.9 Å². The molecule has 3 saturated carbocycles. The van der Waals surface area contributed by atoms with Crippen LogP contribution in [0.15, 0.2) is 23.2 Å². The minimum Gasteiger partial charge on any atom is -0.494 e. The lowest BCUT2D eigenvalue weighted by Gasteiger charge is -2.24. The molecule has 0 saturated heterocycles. The first-order valence-corrected chi connectivity index (χ1v) is 14.6. The summed E-state index contributed by atoms with van der Waals surface area (Å²) in [5.74, 6) is -0.667. The molecule has 1 aromatic rings. The monoisotopic (exact) mass is 599 g/mol. The molecular weight excluding hydrogens is 558 g/mol. The number of carbonyl (C=O) groups excluding carboxylic acids is 2. The largest absolute Gasteiger partial charge is 0.494 e. The van der Waals surface area contributed by atoms with Crippen LogP contribution < -0.4 is 15.8 Å². The number of aryl methyl sites for hydroxylation is 1. The summed E-state index contributed by atoms with van der Waals surface area (Å²) in [5.41, 5.74) is 6.98. The van der Waals surface area contributed by atoms with Crippen LogP contribution in [0.25, 0.3) is 0 Å². The van der Waals surface area contributed by atoms with Crippen molar-refractivity contribution in [3.8, 4) is 5.75 Å². The van der Waals surface area contributed by atoms with E-state index in [1.54, 1.807) is 12.1 Å². The van der Waals surface area contributed by atoms with E-state index in [2.05, 4.69) is 10.3 Å². The van der Waals surface area contributed by atoms with Crippen LogP contribution in [-0.2, 0) is 20.8 Å². The van der Waals surface area contributed by atoms with E-state index in [1.165, 1.54) is 51.7 Å². The highest BCUT2D eigenvalue weighted by atomic mass is 19.4. The van der Waals surface area contributed by atoms with E-state index >= 15 is 0 Å². The number of alkyl halides is 3. The molecule has 1 aromatic carbocycles. The number of ketones is 1. The number of aliphatic carboxylic acids is 1. The Balaban J connectivity index is 0.000000616. The zero-order valence-electron chi connectivity index (χ0n) is 23.9. The van der Waals surface area contributed by atoms with Crippen molar-refractivity contribution in [3.05, 3.63) is 29.6 Å². The van der Waals surface area contributed by atoms with Crippen LogP contribution in [0.5, 0.6) is 5.75 Å². The van der Waals surface area contributed by atoms with E-state index in [1.807, 2.05) is 0 Å². The maximum atomic E-state index is 13.7. The number of amides is 1. The van der Waals surface area contributed by atoms with E-state index in [4.69, 9.17) is 20.4 Å². The van der Waals surface area contributed by atoms with Gasteiger partial charge in [0, 0.05) is 12.8 Å². The highest BCUT2D eigenvalue weighted by Gasteiger charge is 2.40. The molecule has 0 spiro atoms. The number of guanidine groups is 1. The van der Waals surface area contributed by atoms with Crippen molar-refractivity contribution < 1.29 is 41.8 Å². The third-order valence-corrected chi connectivity index (χ3v) is 8.67. The number of fused-ring (bicyclic) bond motifs is 2. The van der Waals surface area contributed by atoms with Crippen LogP contribution in [-0.4, -0.2) is 48.1 Å². The van der Waals surface area contributed by atoms with E-state index in [9.17, 15) is 27.2 Å². The molecule has 4 atom stereocenters. The molecule has 42 heavy (non-hydrogen) atoms. The Hall–Kier alpha value is -3.18. The number of carbonyl (C=O) groups is 3. The summed E-state index contributed by atoms with van der Waals surface area (Å²) in [6.45, 7) is 0. The van der Waals surface area contributed by atoms with Gasteiger partial charge in [-0.2, -0.15) is 13.2 Å².